The molecule has 4 rings (SSSR count). The van der Waals surface area contributed by atoms with Crippen LogP contribution in [-0.2, 0) is 6.42 Å². The van der Waals surface area contributed by atoms with Crippen molar-refractivity contribution in [1.29, 1.82) is 0 Å². The molecule has 2 N–H and O–H groups in total. The van der Waals surface area contributed by atoms with E-state index in [1.54, 1.807) is 19.1 Å². The molecule has 0 saturated carbocycles. The molecule has 0 bridgehead atoms. The maximum Gasteiger partial charge on any atom is 0.321 e. The molecule has 2 aromatic rings. The molecule has 3 atom stereocenters. The summed E-state index contributed by atoms with van der Waals surface area (Å²) >= 11 is 1.21. The zero-order valence-corrected chi connectivity index (χ0v) is 22.7. The summed E-state index contributed by atoms with van der Waals surface area (Å²) in [7, 11) is 0. The number of hydrogen-bond donors (Lipinski definition) is 2. The van der Waals surface area contributed by atoms with Gasteiger partial charge in [0.15, 0.2) is 10.9 Å². The van der Waals surface area contributed by atoms with E-state index in [0.29, 0.717) is 21.6 Å². The normalized spacial score (nSPS) is 22.9. The van der Waals surface area contributed by atoms with E-state index in [0.717, 1.165) is 58.5 Å². The quantitative estimate of drug-likeness (QED) is 0.364. The number of ketones is 1. The van der Waals surface area contributed by atoms with Crippen molar-refractivity contribution in [2.24, 2.45) is 11.8 Å². The number of piperidine rings is 2. The smallest absolute Gasteiger partial charge is 0.321 e. The number of carbonyl (C=O) groups excluding carboxylic acids is 2. The Hall–Kier alpha value is -2.62. The zero-order valence-electron chi connectivity index (χ0n) is 21.8. The molecule has 9 heteroatoms. The highest BCUT2D eigenvalue weighted by molar-refractivity contribution is 7.17. The predicted octanol–water partition coefficient (Wildman–Crippen LogP) is 4.75. The molecule has 7 nitrogen and oxygen atoms in total. The molecular formula is C28H38FN5O2S. The van der Waals surface area contributed by atoms with Crippen LogP contribution in [0.3, 0.4) is 0 Å². The van der Waals surface area contributed by atoms with Crippen LogP contribution in [0.2, 0.25) is 0 Å². The molecular weight excluding hydrogens is 489 g/mol. The molecule has 200 valence electrons. The Labute approximate surface area is 223 Å². The van der Waals surface area contributed by atoms with Gasteiger partial charge in [-0.25, -0.2) is 14.2 Å². The lowest BCUT2D eigenvalue weighted by Crippen LogP contribution is -2.55. The molecule has 2 aliphatic heterocycles. The highest BCUT2D eigenvalue weighted by Crippen LogP contribution is 2.26. The van der Waals surface area contributed by atoms with E-state index >= 15 is 0 Å². The molecule has 2 fully saturated rings. The van der Waals surface area contributed by atoms with Crippen molar-refractivity contribution >= 4 is 28.3 Å². The summed E-state index contributed by atoms with van der Waals surface area (Å²) in [4.78, 5) is 34.5. The van der Waals surface area contributed by atoms with Gasteiger partial charge in [0.05, 0.1) is 10.6 Å². The van der Waals surface area contributed by atoms with Gasteiger partial charge in [-0.05, 0) is 62.8 Å². The lowest BCUT2D eigenvalue weighted by Gasteiger charge is -2.42. The molecule has 0 radical (unpaired) electrons. The first-order valence-electron chi connectivity index (χ1n) is 13.2. The summed E-state index contributed by atoms with van der Waals surface area (Å²) in [6, 6.07) is 6.65. The fourth-order valence-electron chi connectivity index (χ4n) is 5.68. The monoisotopic (exact) mass is 527 g/mol. The second kappa shape index (κ2) is 12.8. The van der Waals surface area contributed by atoms with Crippen molar-refractivity contribution in [1.82, 2.24) is 20.1 Å². The molecule has 2 amide bonds. The number of aryl methyl sites for hydroxylation is 1. The van der Waals surface area contributed by atoms with Gasteiger partial charge in [-0.1, -0.05) is 29.5 Å². The Morgan fingerprint density at radius 1 is 1.19 bits per heavy atom. The number of Topliss-reactive ketones (excluding diaryl/α,β-unsaturated/α-hetero) is 1. The molecule has 0 unspecified atom stereocenters. The maximum absolute atomic E-state index is 13.3. The average Bonchev–Trinajstić information content (AvgIpc) is 3.22. The van der Waals surface area contributed by atoms with E-state index in [-0.39, 0.29) is 29.6 Å². The van der Waals surface area contributed by atoms with Crippen molar-refractivity contribution in [2.45, 2.75) is 45.6 Å². The van der Waals surface area contributed by atoms with Gasteiger partial charge in [-0.15, -0.1) is 6.58 Å². The number of amides is 2. The van der Waals surface area contributed by atoms with Crippen LogP contribution in [-0.4, -0.2) is 71.9 Å². The highest BCUT2D eigenvalue weighted by Gasteiger charge is 2.33. The number of anilines is 1. The summed E-state index contributed by atoms with van der Waals surface area (Å²) < 4.78 is 13.3. The largest absolute Gasteiger partial charge is 0.335 e. The van der Waals surface area contributed by atoms with Gasteiger partial charge in [0.1, 0.15) is 5.82 Å². The molecule has 0 aliphatic carbocycles. The third-order valence-corrected chi connectivity index (χ3v) is 8.57. The SMILES string of the molecule is C=CCN1CC[C@@H](NC(=O)Nc2nc(C)c(C(C)=O)s2)[C@@H](CN2CCC[C@@H](Cc3ccc(F)cc3)C2)C1. The molecule has 2 saturated heterocycles. The number of nitrogens with one attached hydrogen (secondary N) is 2. The van der Waals surface area contributed by atoms with E-state index in [2.05, 4.69) is 32.0 Å². The summed E-state index contributed by atoms with van der Waals surface area (Å²) in [5.74, 6) is 0.597. The summed E-state index contributed by atoms with van der Waals surface area (Å²) in [5.41, 5.74) is 1.83. The highest BCUT2D eigenvalue weighted by atomic mass is 32.1. The number of thiazole rings is 1. The minimum absolute atomic E-state index is 0.0441. The number of carbonyl (C=O) groups is 2. The van der Waals surface area contributed by atoms with Crippen LogP contribution in [0.25, 0.3) is 0 Å². The minimum Gasteiger partial charge on any atom is -0.335 e. The van der Waals surface area contributed by atoms with Crippen LogP contribution >= 0.6 is 11.3 Å². The number of urea groups is 1. The molecule has 1 aromatic heterocycles. The van der Waals surface area contributed by atoms with Gasteiger partial charge >= 0.3 is 6.03 Å². The van der Waals surface area contributed by atoms with Crippen LogP contribution < -0.4 is 10.6 Å². The average molecular weight is 528 g/mol. The number of halogens is 1. The molecule has 37 heavy (non-hydrogen) atoms. The Kier molecular flexibility index (Phi) is 9.45. The molecule has 3 heterocycles. The van der Waals surface area contributed by atoms with Gasteiger partial charge in [0.25, 0.3) is 0 Å². The van der Waals surface area contributed by atoms with Gasteiger partial charge < -0.3 is 10.2 Å². The van der Waals surface area contributed by atoms with Crippen molar-refractivity contribution in [3.05, 3.63) is 58.9 Å². The standard InChI is InChI=1S/C28H38FN5O2S/c1-4-12-33-14-11-25(31-27(36)32-28-30-19(2)26(37-28)20(3)35)23(17-33)18-34-13-5-6-22(16-34)15-21-7-9-24(29)10-8-21/h4,7-10,22-23,25H,1,5-6,11-18H2,2-3H3,(H2,30,31,32,36)/t22-,23+,25+/m0/s1. The van der Waals surface area contributed by atoms with E-state index in [1.807, 2.05) is 18.2 Å². The topological polar surface area (TPSA) is 77.6 Å². The van der Waals surface area contributed by atoms with Crippen LogP contribution in [0.1, 0.15) is 47.1 Å². The number of benzene rings is 1. The first kappa shape index (κ1) is 27.4. The van der Waals surface area contributed by atoms with Crippen molar-refractivity contribution in [2.75, 3.05) is 44.6 Å². The molecule has 2 aliphatic rings. The van der Waals surface area contributed by atoms with E-state index in [4.69, 9.17) is 0 Å². The fourth-order valence-corrected chi connectivity index (χ4v) is 6.53. The first-order chi connectivity index (χ1) is 17.8. The number of rotatable bonds is 9. The van der Waals surface area contributed by atoms with E-state index in [1.165, 1.54) is 30.2 Å². The van der Waals surface area contributed by atoms with Crippen LogP contribution in [0, 0.1) is 24.6 Å². The lowest BCUT2D eigenvalue weighted by molar-refractivity contribution is 0.0902. The summed E-state index contributed by atoms with van der Waals surface area (Å²) in [6.45, 7) is 12.8. The van der Waals surface area contributed by atoms with Crippen LogP contribution in [0.4, 0.5) is 14.3 Å². The molecule has 0 spiro atoms. The number of likely N-dealkylation sites (tertiary alicyclic amines) is 2. The lowest BCUT2D eigenvalue weighted by atomic mass is 9.88. The number of hydrogen-bond acceptors (Lipinski definition) is 6. The predicted molar refractivity (Wildman–Crippen MR) is 147 cm³/mol. The van der Waals surface area contributed by atoms with Crippen LogP contribution in [0.15, 0.2) is 36.9 Å². The minimum atomic E-state index is -0.274. The Morgan fingerprint density at radius 2 is 1.97 bits per heavy atom. The maximum atomic E-state index is 13.3. The van der Waals surface area contributed by atoms with Gasteiger partial charge in [-0.2, -0.15) is 0 Å². The Balaban J connectivity index is 1.37. The third kappa shape index (κ3) is 7.69. The summed E-state index contributed by atoms with van der Waals surface area (Å²) in [5, 5.41) is 6.49. The van der Waals surface area contributed by atoms with Crippen molar-refractivity contribution in [3.63, 3.8) is 0 Å². The number of aromatic nitrogens is 1. The Morgan fingerprint density at radius 3 is 2.68 bits per heavy atom. The van der Waals surface area contributed by atoms with Gasteiger partial charge in [0, 0.05) is 51.6 Å². The second-order valence-corrected chi connectivity index (χ2v) is 11.4. The third-order valence-electron chi connectivity index (χ3n) is 7.39. The second-order valence-electron chi connectivity index (χ2n) is 10.4. The first-order valence-corrected chi connectivity index (χ1v) is 14.0. The summed E-state index contributed by atoms with van der Waals surface area (Å²) in [6.07, 6.45) is 6.10. The van der Waals surface area contributed by atoms with E-state index < -0.39 is 0 Å². The van der Waals surface area contributed by atoms with Crippen molar-refractivity contribution in [3.8, 4) is 0 Å². The van der Waals surface area contributed by atoms with E-state index in [9.17, 15) is 14.0 Å². The molecule has 1 aromatic carbocycles. The number of nitrogens with zero attached hydrogens (tertiary/aromatic N) is 3. The van der Waals surface area contributed by atoms with Gasteiger partial charge in [0.2, 0.25) is 0 Å². The fraction of sp³-hybridized carbons (Fsp3) is 0.536. The van der Waals surface area contributed by atoms with Crippen LogP contribution in [0.5, 0.6) is 0 Å². The van der Waals surface area contributed by atoms with Crippen molar-refractivity contribution < 1.29 is 14.0 Å². The Bertz CT molecular complexity index is 1090. The zero-order chi connectivity index (χ0) is 26.4. The van der Waals surface area contributed by atoms with Gasteiger partial charge in [-0.3, -0.25) is 15.0 Å².